The second-order valence-electron chi connectivity index (χ2n) is 4.46. The first-order chi connectivity index (χ1) is 10.2. The van der Waals surface area contributed by atoms with Crippen LogP contribution in [0.15, 0.2) is 40.7 Å². The summed E-state index contributed by atoms with van der Waals surface area (Å²) in [6.45, 7) is 1.04. The van der Waals surface area contributed by atoms with E-state index in [1.165, 1.54) is 24.1 Å². The normalized spacial score (nSPS) is 10.9. The molecule has 3 N–H and O–H groups in total. The monoisotopic (exact) mass is 435 g/mol. The molecule has 0 saturated carbocycles. The number of methoxy groups -OCH3 is 1. The molecule has 2 aromatic rings. The topological polar surface area (TPSA) is 59.6 Å². The van der Waals surface area contributed by atoms with Crippen LogP contribution in [0, 0.1) is 5.82 Å². The van der Waals surface area contributed by atoms with Gasteiger partial charge in [-0.15, -0.1) is 35.3 Å². The molecular weight excluding hydrogens is 416 g/mol. The summed E-state index contributed by atoms with van der Waals surface area (Å²) in [6, 6.07) is 8.60. The average Bonchev–Trinajstić information content (AvgIpc) is 2.98. The Morgan fingerprint density at radius 2 is 2.23 bits per heavy atom. The van der Waals surface area contributed by atoms with Crippen molar-refractivity contribution in [2.45, 2.75) is 13.0 Å². The quantitative estimate of drug-likeness (QED) is 0.417. The van der Waals surface area contributed by atoms with Crippen LogP contribution < -0.4 is 15.8 Å². The molecule has 2 rings (SSSR count). The summed E-state index contributed by atoms with van der Waals surface area (Å²) in [5.74, 6) is 0.489. The number of thiophene rings is 1. The van der Waals surface area contributed by atoms with Gasteiger partial charge in [-0.05, 0) is 35.6 Å². The largest absolute Gasteiger partial charge is 0.497 e. The van der Waals surface area contributed by atoms with Crippen LogP contribution in [0.25, 0.3) is 0 Å². The van der Waals surface area contributed by atoms with E-state index in [2.05, 4.69) is 16.4 Å². The fourth-order valence-corrected chi connectivity index (χ4v) is 2.54. The second kappa shape index (κ2) is 9.62. The zero-order valence-corrected chi connectivity index (χ0v) is 15.4. The highest BCUT2D eigenvalue weighted by molar-refractivity contribution is 14.0. The molecule has 0 unspecified atom stereocenters. The Morgan fingerprint density at radius 1 is 1.41 bits per heavy atom. The Morgan fingerprint density at radius 3 is 2.91 bits per heavy atom. The molecule has 1 aromatic carbocycles. The Hall–Kier alpha value is -1.35. The predicted octanol–water partition coefficient (Wildman–Crippen LogP) is 3.16. The lowest BCUT2D eigenvalue weighted by atomic mass is 10.2. The number of rotatable bonds is 6. The molecule has 0 fully saturated rings. The maximum atomic E-state index is 13.3. The molecule has 4 nitrogen and oxygen atoms in total. The van der Waals surface area contributed by atoms with Crippen LogP contribution in [-0.2, 0) is 13.0 Å². The number of nitrogens with zero attached hydrogens (tertiary/aromatic N) is 1. The zero-order valence-electron chi connectivity index (χ0n) is 12.2. The van der Waals surface area contributed by atoms with Gasteiger partial charge in [0.05, 0.1) is 13.7 Å². The van der Waals surface area contributed by atoms with Crippen molar-refractivity contribution in [2.24, 2.45) is 10.7 Å². The Bertz CT molecular complexity index is 605. The number of benzene rings is 1. The van der Waals surface area contributed by atoms with E-state index in [1.54, 1.807) is 17.4 Å². The van der Waals surface area contributed by atoms with E-state index in [4.69, 9.17) is 10.5 Å². The summed E-state index contributed by atoms with van der Waals surface area (Å²) in [5, 5.41) is 5.09. The van der Waals surface area contributed by atoms with E-state index < -0.39 is 0 Å². The van der Waals surface area contributed by atoms with E-state index >= 15 is 0 Å². The highest BCUT2D eigenvalue weighted by Gasteiger charge is 2.01. The Balaban J connectivity index is 0.00000242. The number of hydrogen-bond acceptors (Lipinski definition) is 3. The molecular formula is C15H19FIN3OS. The van der Waals surface area contributed by atoms with Crippen LogP contribution in [0.2, 0.25) is 0 Å². The molecule has 0 bridgehead atoms. The van der Waals surface area contributed by atoms with Crippen LogP contribution >= 0.6 is 35.3 Å². The fourth-order valence-electron chi connectivity index (χ4n) is 1.83. The lowest BCUT2D eigenvalue weighted by molar-refractivity contribution is 0.410. The first-order valence-electron chi connectivity index (χ1n) is 6.57. The van der Waals surface area contributed by atoms with Gasteiger partial charge in [0, 0.05) is 17.5 Å². The first kappa shape index (κ1) is 18.7. The molecule has 0 aliphatic rings. The highest BCUT2D eigenvalue weighted by Crippen LogP contribution is 2.16. The van der Waals surface area contributed by atoms with Crippen LogP contribution in [0.1, 0.15) is 10.4 Å². The minimum absolute atomic E-state index is 0. The van der Waals surface area contributed by atoms with E-state index in [9.17, 15) is 4.39 Å². The molecule has 0 radical (unpaired) electrons. The molecule has 1 aromatic heterocycles. The van der Waals surface area contributed by atoms with Gasteiger partial charge in [0.15, 0.2) is 5.96 Å². The van der Waals surface area contributed by atoms with Crippen molar-refractivity contribution in [3.8, 4) is 5.75 Å². The van der Waals surface area contributed by atoms with Gasteiger partial charge in [-0.3, -0.25) is 0 Å². The summed E-state index contributed by atoms with van der Waals surface area (Å²) in [7, 11) is 1.50. The van der Waals surface area contributed by atoms with Gasteiger partial charge in [0.1, 0.15) is 11.6 Å². The van der Waals surface area contributed by atoms with Gasteiger partial charge >= 0.3 is 0 Å². The molecule has 120 valence electrons. The van der Waals surface area contributed by atoms with Crippen molar-refractivity contribution in [1.29, 1.82) is 0 Å². The third-order valence-corrected chi connectivity index (χ3v) is 3.79. The van der Waals surface area contributed by atoms with Gasteiger partial charge in [-0.1, -0.05) is 6.07 Å². The van der Waals surface area contributed by atoms with Gasteiger partial charge in [-0.2, -0.15) is 0 Å². The molecule has 0 amide bonds. The van der Waals surface area contributed by atoms with Crippen LogP contribution in [0.3, 0.4) is 0 Å². The molecule has 0 spiro atoms. The van der Waals surface area contributed by atoms with Gasteiger partial charge in [0.2, 0.25) is 0 Å². The minimum Gasteiger partial charge on any atom is -0.497 e. The molecule has 7 heteroatoms. The SMILES string of the molecule is COc1cc(F)cc(CN=C(N)NCCc2cccs2)c1.I. The van der Waals surface area contributed by atoms with Gasteiger partial charge in [-0.25, -0.2) is 9.38 Å². The first-order valence-corrected chi connectivity index (χ1v) is 7.45. The number of nitrogens with one attached hydrogen (secondary N) is 1. The lowest BCUT2D eigenvalue weighted by Crippen LogP contribution is -2.33. The maximum absolute atomic E-state index is 13.3. The van der Waals surface area contributed by atoms with Crippen LogP contribution in [-0.4, -0.2) is 19.6 Å². The summed E-state index contributed by atoms with van der Waals surface area (Å²) in [6.07, 6.45) is 0.904. The smallest absolute Gasteiger partial charge is 0.188 e. The fraction of sp³-hybridized carbons (Fsp3) is 0.267. The van der Waals surface area contributed by atoms with Crippen molar-refractivity contribution in [2.75, 3.05) is 13.7 Å². The molecule has 0 aliphatic heterocycles. The zero-order chi connectivity index (χ0) is 15.1. The lowest BCUT2D eigenvalue weighted by Gasteiger charge is -2.06. The average molecular weight is 435 g/mol. The number of hydrogen-bond donors (Lipinski definition) is 2. The third-order valence-electron chi connectivity index (χ3n) is 2.86. The molecule has 1 heterocycles. The van der Waals surface area contributed by atoms with Gasteiger partial charge in [0.25, 0.3) is 0 Å². The highest BCUT2D eigenvalue weighted by atomic mass is 127. The third kappa shape index (κ3) is 6.18. The number of aliphatic imine (C=N–C) groups is 1. The molecule has 0 saturated heterocycles. The van der Waals surface area contributed by atoms with E-state index in [1.807, 2.05) is 11.4 Å². The van der Waals surface area contributed by atoms with Crippen molar-refractivity contribution in [3.05, 3.63) is 52.0 Å². The number of nitrogens with two attached hydrogens (primary N) is 1. The van der Waals surface area contributed by atoms with Crippen molar-refractivity contribution in [3.63, 3.8) is 0 Å². The molecule has 22 heavy (non-hydrogen) atoms. The summed E-state index contributed by atoms with van der Waals surface area (Å²) >= 11 is 1.71. The molecule has 0 aliphatic carbocycles. The number of guanidine groups is 1. The molecule has 0 atom stereocenters. The Labute approximate surface area is 150 Å². The number of ether oxygens (including phenoxy) is 1. The van der Waals surface area contributed by atoms with Crippen molar-refractivity contribution in [1.82, 2.24) is 5.32 Å². The van der Waals surface area contributed by atoms with E-state index in [0.29, 0.717) is 18.3 Å². The standard InChI is InChI=1S/C15H18FN3OS.HI/c1-20-13-8-11(7-12(16)9-13)10-19-15(17)18-5-4-14-3-2-6-21-14;/h2-3,6-9H,4-5,10H2,1H3,(H3,17,18,19);1H. The van der Waals surface area contributed by atoms with Crippen molar-refractivity contribution >= 4 is 41.3 Å². The van der Waals surface area contributed by atoms with Crippen LogP contribution in [0.5, 0.6) is 5.75 Å². The summed E-state index contributed by atoms with van der Waals surface area (Å²) in [4.78, 5) is 5.49. The van der Waals surface area contributed by atoms with Crippen molar-refractivity contribution < 1.29 is 9.13 Å². The second-order valence-corrected chi connectivity index (χ2v) is 5.49. The Kier molecular flexibility index (Phi) is 8.18. The number of halogens is 2. The summed E-state index contributed by atoms with van der Waals surface area (Å²) in [5.41, 5.74) is 6.50. The van der Waals surface area contributed by atoms with E-state index in [0.717, 1.165) is 18.5 Å². The minimum atomic E-state index is -0.344. The maximum Gasteiger partial charge on any atom is 0.188 e. The van der Waals surface area contributed by atoms with Gasteiger partial charge < -0.3 is 15.8 Å². The van der Waals surface area contributed by atoms with Crippen LogP contribution in [0.4, 0.5) is 4.39 Å². The summed E-state index contributed by atoms with van der Waals surface area (Å²) < 4.78 is 18.3. The predicted molar refractivity (Wildman–Crippen MR) is 99.7 cm³/mol. The van der Waals surface area contributed by atoms with E-state index in [-0.39, 0.29) is 29.8 Å².